The molecule has 0 radical (unpaired) electrons. The van der Waals surface area contributed by atoms with Crippen molar-refractivity contribution in [3.05, 3.63) is 53.0 Å². The molecule has 9 nitrogen and oxygen atoms in total. The Balaban J connectivity index is 1.95. The number of nitrogens with zero attached hydrogens (tertiary/aromatic N) is 2. The molecule has 2 aromatic rings. The Labute approximate surface area is 200 Å². The quantitative estimate of drug-likeness (QED) is 0.339. The molecule has 0 fully saturated rings. The zero-order valence-electron chi connectivity index (χ0n) is 18.0. The third-order valence-corrected chi connectivity index (χ3v) is 4.93. The van der Waals surface area contributed by atoms with Crippen LogP contribution in [0.1, 0.15) is 6.92 Å². The predicted octanol–water partition coefficient (Wildman–Crippen LogP) is 3.72. The third kappa shape index (κ3) is 5.69. The van der Waals surface area contributed by atoms with Gasteiger partial charge in [0, 0.05) is 18.3 Å². The van der Waals surface area contributed by atoms with Crippen LogP contribution in [-0.2, 0) is 19.2 Å². The number of carbonyl (C=O) groups is 3. The lowest BCUT2D eigenvalue weighted by atomic mass is 9.94. The van der Waals surface area contributed by atoms with Gasteiger partial charge in [0.1, 0.15) is 11.6 Å². The highest BCUT2D eigenvalue weighted by atomic mass is 35.5. The van der Waals surface area contributed by atoms with E-state index in [2.05, 4.69) is 9.82 Å². The minimum absolute atomic E-state index is 0.0823. The number of hydroxylamine groups is 1. The summed E-state index contributed by atoms with van der Waals surface area (Å²) in [5, 5.41) is -0.297. The smallest absolute Gasteiger partial charge is 0.413 e. The molecule has 2 heterocycles. The van der Waals surface area contributed by atoms with Gasteiger partial charge >= 0.3 is 6.18 Å². The van der Waals surface area contributed by atoms with Gasteiger partial charge in [-0.15, -0.1) is 0 Å². The number of benzene rings is 1. The highest BCUT2D eigenvalue weighted by Gasteiger charge is 2.46. The van der Waals surface area contributed by atoms with Crippen LogP contribution >= 0.6 is 11.6 Å². The fourth-order valence-electron chi connectivity index (χ4n) is 3.05. The van der Waals surface area contributed by atoms with Gasteiger partial charge in [0.05, 0.1) is 29.3 Å². The fourth-order valence-corrected chi connectivity index (χ4v) is 3.24. The number of ether oxygens (including phenoxy) is 2. The van der Waals surface area contributed by atoms with Crippen LogP contribution in [0.4, 0.5) is 23.2 Å². The maximum atomic E-state index is 14.7. The lowest BCUT2D eigenvalue weighted by molar-refractivity contribution is -0.134. The van der Waals surface area contributed by atoms with Crippen molar-refractivity contribution < 1.29 is 46.3 Å². The molecule has 3 amide bonds. The van der Waals surface area contributed by atoms with Gasteiger partial charge in [-0.25, -0.2) is 19.8 Å². The summed E-state index contributed by atoms with van der Waals surface area (Å²) in [6.45, 7) is 0.442. The fraction of sp³-hybridized carbons (Fsp3) is 0.238. The SMILES string of the molecule is CONC(=O)COc1ncccc1Oc1cc(N2C(=O)C=C(C(F)(F)F)C(C)C2=O)c(F)cc1Cl. The molecule has 0 saturated heterocycles. The lowest BCUT2D eigenvalue weighted by Gasteiger charge is -2.30. The van der Waals surface area contributed by atoms with Crippen LogP contribution in [0.3, 0.4) is 0 Å². The van der Waals surface area contributed by atoms with Crippen LogP contribution in [0.25, 0.3) is 0 Å². The number of alkyl halides is 3. The van der Waals surface area contributed by atoms with Gasteiger partial charge in [-0.1, -0.05) is 11.6 Å². The Morgan fingerprint density at radius 2 is 1.97 bits per heavy atom. The predicted molar refractivity (Wildman–Crippen MR) is 112 cm³/mol. The van der Waals surface area contributed by atoms with Crippen molar-refractivity contribution in [3.63, 3.8) is 0 Å². The van der Waals surface area contributed by atoms with E-state index >= 15 is 0 Å². The average molecular weight is 518 g/mol. The molecule has 0 aliphatic carbocycles. The van der Waals surface area contributed by atoms with E-state index < -0.39 is 53.5 Å². The maximum Gasteiger partial charge on any atom is 0.413 e. The van der Waals surface area contributed by atoms with E-state index in [1.165, 1.54) is 25.4 Å². The summed E-state index contributed by atoms with van der Waals surface area (Å²) in [6.07, 6.45) is -3.36. The molecule has 1 unspecified atom stereocenters. The average Bonchev–Trinajstić information content (AvgIpc) is 2.78. The molecule has 0 spiro atoms. The number of rotatable bonds is 7. The Morgan fingerprint density at radius 1 is 1.26 bits per heavy atom. The second-order valence-corrected chi connectivity index (χ2v) is 7.40. The second kappa shape index (κ2) is 10.3. The number of hydrogen-bond donors (Lipinski definition) is 1. The van der Waals surface area contributed by atoms with E-state index in [4.69, 9.17) is 21.1 Å². The Morgan fingerprint density at radius 3 is 2.63 bits per heavy atom. The first kappa shape index (κ1) is 25.9. The van der Waals surface area contributed by atoms with E-state index in [0.29, 0.717) is 0 Å². The van der Waals surface area contributed by atoms with E-state index in [1.807, 2.05) is 5.48 Å². The molecule has 1 aliphatic heterocycles. The van der Waals surface area contributed by atoms with Crippen LogP contribution in [0.2, 0.25) is 5.02 Å². The molecule has 1 aromatic carbocycles. The number of amides is 3. The zero-order chi connectivity index (χ0) is 25.9. The number of hydrogen-bond acceptors (Lipinski definition) is 7. The van der Waals surface area contributed by atoms with Crippen molar-refractivity contribution in [1.82, 2.24) is 10.5 Å². The van der Waals surface area contributed by atoms with Crippen molar-refractivity contribution in [1.29, 1.82) is 0 Å². The molecule has 14 heteroatoms. The molecule has 0 saturated carbocycles. The maximum absolute atomic E-state index is 14.7. The first-order valence-electron chi connectivity index (χ1n) is 9.67. The highest BCUT2D eigenvalue weighted by molar-refractivity contribution is 6.32. The molecule has 1 N–H and O–H groups in total. The number of aromatic nitrogens is 1. The molecule has 0 bridgehead atoms. The van der Waals surface area contributed by atoms with Gasteiger partial charge in [-0.3, -0.25) is 19.2 Å². The molecule has 1 aliphatic rings. The Kier molecular flexibility index (Phi) is 7.60. The van der Waals surface area contributed by atoms with E-state index in [0.717, 1.165) is 19.1 Å². The van der Waals surface area contributed by atoms with Gasteiger partial charge in [0.25, 0.3) is 17.7 Å². The van der Waals surface area contributed by atoms with Crippen molar-refractivity contribution in [2.24, 2.45) is 5.92 Å². The highest BCUT2D eigenvalue weighted by Crippen LogP contribution is 2.41. The van der Waals surface area contributed by atoms with E-state index in [9.17, 15) is 31.9 Å². The molecular weight excluding hydrogens is 502 g/mol. The molecular formula is C21H16ClF4N3O6. The van der Waals surface area contributed by atoms with Crippen LogP contribution in [0.5, 0.6) is 17.4 Å². The van der Waals surface area contributed by atoms with Gasteiger partial charge in [-0.2, -0.15) is 13.2 Å². The lowest BCUT2D eigenvalue weighted by Crippen LogP contribution is -2.46. The first-order chi connectivity index (χ1) is 16.4. The van der Waals surface area contributed by atoms with Crippen molar-refractivity contribution in [2.75, 3.05) is 18.6 Å². The second-order valence-electron chi connectivity index (χ2n) is 6.99. The summed E-state index contributed by atoms with van der Waals surface area (Å²) < 4.78 is 65.0. The number of anilines is 1. The number of imide groups is 1. The van der Waals surface area contributed by atoms with Crippen LogP contribution in [0, 0.1) is 11.7 Å². The molecule has 186 valence electrons. The molecule has 3 rings (SSSR count). The number of halogens is 5. The van der Waals surface area contributed by atoms with Gasteiger partial charge < -0.3 is 9.47 Å². The van der Waals surface area contributed by atoms with Crippen molar-refractivity contribution in [3.8, 4) is 17.4 Å². The monoisotopic (exact) mass is 517 g/mol. The minimum Gasteiger partial charge on any atom is -0.465 e. The van der Waals surface area contributed by atoms with Crippen molar-refractivity contribution >= 4 is 35.0 Å². The van der Waals surface area contributed by atoms with Gasteiger partial charge in [0.15, 0.2) is 12.4 Å². The minimum atomic E-state index is -4.92. The van der Waals surface area contributed by atoms with Gasteiger partial charge in [-0.05, 0) is 25.1 Å². The Bertz CT molecular complexity index is 1200. The van der Waals surface area contributed by atoms with Crippen molar-refractivity contribution in [2.45, 2.75) is 13.1 Å². The molecule has 1 aromatic heterocycles. The normalized spacial score (nSPS) is 16.1. The summed E-state index contributed by atoms with van der Waals surface area (Å²) in [5.74, 6) is -6.76. The zero-order valence-corrected chi connectivity index (χ0v) is 18.7. The molecule has 35 heavy (non-hydrogen) atoms. The third-order valence-electron chi connectivity index (χ3n) is 4.64. The summed E-state index contributed by atoms with van der Waals surface area (Å²) >= 11 is 6.04. The topological polar surface area (TPSA) is 107 Å². The summed E-state index contributed by atoms with van der Waals surface area (Å²) in [5.41, 5.74) is 0.0135. The first-order valence-corrected chi connectivity index (χ1v) is 10.0. The Hall–Kier alpha value is -3.71. The van der Waals surface area contributed by atoms with Crippen LogP contribution in [0.15, 0.2) is 42.1 Å². The summed E-state index contributed by atoms with van der Waals surface area (Å²) in [7, 11) is 1.22. The van der Waals surface area contributed by atoms with Crippen LogP contribution < -0.4 is 19.9 Å². The number of carbonyl (C=O) groups excluding carboxylic acids is 3. The number of pyridine rings is 1. The van der Waals surface area contributed by atoms with E-state index in [1.54, 1.807) is 0 Å². The van der Waals surface area contributed by atoms with Crippen LogP contribution in [-0.4, -0.2) is 42.6 Å². The standard InChI is InChI=1S/C21H16ClF4N3O6/c1-10-11(21(24,25)26)6-18(31)29(20(10)32)14-8-16(12(22)7-13(14)23)35-15-4-3-5-27-19(15)34-9-17(30)28-33-2/h3-8,10H,9H2,1-2H3,(H,28,30). The van der Waals surface area contributed by atoms with Gasteiger partial charge in [0.2, 0.25) is 5.91 Å². The number of nitrogens with one attached hydrogen (secondary N) is 1. The molecule has 1 atom stereocenters. The summed E-state index contributed by atoms with van der Waals surface area (Å²) in [4.78, 5) is 45.2. The summed E-state index contributed by atoms with van der Waals surface area (Å²) in [6, 6.07) is 4.41. The largest absolute Gasteiger partial charge is 0.465 e. The van der Waals surface area contributed by atoms with E-state index in [-0.39, 0.29) is 33.4 Å².